The molecule has 0 aliphatic heterocycles. The third kappa shape index (κ3) is 3.55. The molecule has 0 saturated heterocycles. The maximum atomic E-state index is 11.9. The number of ether oxygens (including phenoxy) is 2. The van der Waals surface area contributed by atoms with Gasteiger partial charge in [-0.25, -0.2) is 4.79 Å². The molecule has 0 radical (unpaired) electrons. The molecule has 1 fully saturated rings. The summed E-state index contributed by atoms with van der Waals surface area (Å²) in [4.78, 5) is 23.6. The first kappa shape index (κ1) is 17.9. The van der Waals surface area contributed by atoms with Gasteiger partial charge in [0.25, 0.3) is 0 Å². The highest BCUT2D eigenvalue weighted by atomic mass is 16.5. The highest BCUT2D eigenvalue weighted by Crippen LogP contribution is 2.51. The van der Waals surface area contributed by atoms with Gasteiger partial charge >= 0.3 is 5.97 Å². The average molecular weight is 301 g/mol. The maximum absolute atomic E-state index is 11.9. The largest absolute Gasteiger partial charge is 0.479 e. The lowest BCUT2D eigenvalue weighted by Gasteiger charge is -2.58. The second-order valence-corrected chi connectivity index (χ2v) is 6.03. The first-order chi connectivity index (χ1) is 9.81. The van der Waals surface area contributed by atoms with Gasteiger partial charge in [0.15, 0.2) is 0 Å². The van der Waals surface area contributed by atoms with Crippen LogP contribution in [0.5, 0.6) is 0 Å². The van der Waals surface area contributed by atoms with Gasteiger partial charge in [0.1, 0.15) is 12.1 Å². The number of carbonyl (C=O) groups excluding carboxylic acids is 1. The maximum Gasteiger partial charge on any atom is 0.330 e. The number of carboxylic acid groups (broad SMARTS) is 1. The van der Waals surface area contributed by atoms with E-state index in [-0.39, 0.29) is 19.1 Å². The molecule has 1 aliphatic carbocycles. The lowest BCUT2D eigenvalue weighted by atomic mass is 9.54. The zero-order valence-electron chi connectivity index (χ0n) is 13.4. The molecule has 0 aromatic rings. The molecule has 6 heteroatoms. The van der Waals surface area contributed by atoms with E-state index < -0.39 is 22.8 Å². The van der Waals surface area contributed by atoms with E-state index in [2.05, 4.69) is 5.32 Å². The molecule has 21 heavy (non-hydrogen) atoms. The molecular weight excluding hydrogens is 274 g/mol. The molecule has 2 unspecified atom stereocenters. The summed E-state index contributed by atoms with van der Waals surface area (Å²) in [5, 5.41) is 12.2. The van der Waals surface area contributed by atoms with Crippen LogP contribution in [0.15, 0.2) is 0 Å². The molecule has 1 amide bonds. The van der Waals surface area contributed by atoms with E-state index in [1.807, 2.05) is 27.7 Å². The van der Waals surface area contributed by atoms with Gasteiger partial charge in [-0.3, -0.25) is 4.79 Å². The van der Waals surface area contributed by atoms with E-state index in [0.717, 1.165) is 12.8 Å². The van der Waals surface area contributed by atoms with Gasteiger partial charge in [-0.15, -0.1) is 0 Å². The first-order valence-corrected chi connectivity index (χ1v) is 7.55. The van der Waals surface area contributed by atoms with Crippen LogP contribution in [0.3, 0.4) is 0 Å². The van der Waals surface area contributed by atoms with Crippen molar-refractivity contribution in [2.45, 2.75) is 58.6 Å². The Hall–Kier alpha value is -1.14. The number of amides is 1. The SMILES string of the molecule is CCCCOCC(=O)NC1(C(=O)O)CC(OCC)C1(C)C. The summed E-state index contributed by atoms with van der Waals surface area (Å²) in [6.07, 6.45) is 1.99. The van der Waals surface area contributed by atoms with E-state index in [1.165, 1.54) is 0 Å². The van der Waals surface area contributed by atoms with Gasteiger partial charge in [0.05, 0.1) is 6.10 Å². The minimum atomic E-state index is -1.28. The van der Waals surface area contributed by atoms with Crippen molar-refractivity contribution >= 4 is 11.9 Å². The van der Waals surface area contributed by atoms with Crippen LogP contribution < -0.4 is 5.32 Å². The van der Waals surface area contributed by atoms with Crippen LogP contribution in [-0.2, 0) is 19.1 Å². The normalized spacial score (nSPS) is 27.0. The van der Waals surface area contributed by atoms with Crippen LogP contribution in [0.25, 0.3) is 0 Å². The smallest absolute Gasteiger partial charge is 0.330 e. The quantitative estimate of drug-likeness (QED) is 0.632. The number of hydrogen-bond donors (Lipinski definition) is 2. The van der Waals surface area contributed by atoms with Gasteiger partial charge < -0.3 is 19.9 Å². The minimum absolute atomic E-state index is 0.107. The van der Waals surface area contributed by atoms with Crippen molar-refractivity contribution in [3.8, 4) is 0 Å². The summed E-state index contributed by atoms with van der Waals surface area (Å²) in [7, 11) is 0. The molecule has 0 aromatic carbocycles. The standard InChI is InChI=1S/C15H27NO5/c1-5-7-8-20-10-12(17)16-15(13(18)19)9-11(21-6-2)14(15,3)4/h11H,5-10H2,1-4H3,(H,16,17)(H,18,19). The Morgan fingerprint density at radius 3 is 2.48 bits per heavy atom. The van der Waals surface area contributed by atoms with Crippen LogP contribution in [0, 0.1) is 5.41 Å². The summed E-state index contributed by atoms with van der Waals surface area (Å²) in [5.74, 6) is -1.41. The Kier molecular flexibility index (Phi) is 6.16. The molecule has 0 spiro atoms. The molecule has 0 heterocycles. The van der Waals surface area contributed by atoms with Crippen LogP contribution in [0.2, 0.25) is 0 Å². The van der Waals surface area contributed by atoms with Gasteiger partial charge in [-0.05, 0) is 13.3 Å². The summed E-state index contributed by atoms with van der Waals surface area (Å²) < 4.78 is 10.8. The summed E-state index contributed by atoms with van der Waals surface area (Å²) in [5.41, 5.74) is -1.94. The number of rotatable bonds is 9. The van der Waals surface area contributed by atoms with Gasteiger partial charge in [0, 0.05) is 25.0 Å². The molecule has 1 aliphatic rings. The number of nitrogens with one attached hydrogen (secondary N) is 1. The second kappa shape index (κ2) is 7.22. The van der Waals surface area contributed by atoms with Crippen molar-refractivity contribution in [2.75, 3.05) is 19.8 Å². The Morgan fingerprint density at radius 2 is 2.00 bits per heavy atom. The van der Waals surface area contributed by atoms with Crippen LogP contribution >= 0.6 is 0 Å². The van der Waals surface area contributed by atoms with Gasteiger partial charge in [-0.2, -0.15) is 0 Å². The molecule has 1 rings (SSSR count). The molecular formula is C15H27NO5. The van der Waals surface area contributed by atoms with Crippen molar-refractivity contribution in [3.63, 3.8) is 0 Å². The Bertz CT molecular complexity index is 382. The molecule has 2 atom stereocenters. The second-order valence-electron chi connectivity index (χ2n) is 6.03. The summed E-state index contributed by atoms with van der Waals surface area (Å²) in [6.45, 7) is 8.45. The predicted molar refractivity (Wildman–Crippen MR) is 78.0 cm³/mol. The number of carbonyl (C=O) groups is 2. The van der Waals surface area contributed by atoms with E-state index in [9.17, 15) is 14.7 Å². The van der Waals surface area contributed by atoms with Crippen LogP contribution in [-0.4, -0.2) is 48.4 Å². The van der Waals surface area contributed by atoms with Gasteiger partial charge in [-0.1, -0.05) is 27.2 Å². The minimum Gasteiger partial charge on any atom is -0.479 e. The van der Waals surface area contributed by atoms with Crippen molar-refractivity contribution in [1.29, 1.82) is 0 Å². The molecule has 6 nitrogen and oxygen atoms in total. The summed E-state index contributed by atoms with van der Waals surface area (Å²) in [6, 6.07) is 0. The number of carboxylic acids is 1. The van der Waals surface area contributed by atoms with Crippen molar-refractivity contribution < 1.29 is 24.2 Å². The predicted octanol–water partition coefficient (Wildman–Crippen LogP) is 1.58. The lowest BCUT2D eigenvalue weighted by molar-refractivity contribution is -0.195. The number of hydrogen-bond acceptors (Lipinski definition) is 4. The third-order valence-corrected chi connectivity index (χ3v) is 4.36. The van der Waals surface area contributed by atoms with Crippen LogP contribution in [0.1, 0.15) is 47.0 Å². The Labute approximate surface area is 126 Å². The van der Waals surface area contributed by atoms with E-state index >= 15 is 0 Å². The van der Waals surface area contributed by atoms with E-state index in [1.54, 1.807) is 0 Å². The van der Waals surface area contributed by atoms with Crippen molar-refractivity contribution in [3.05, 3.63) is 0 Å². The molecule has 2 N–H and O–H groups in total. The molecule has 0 aromatic heterocycles. The molecule has 0 bridgehead atoms. The van der Waals surface area contributed by atoms with Crippen LogP contribution in [0.4, 0.5) is 0 Å². The Morgan fingerprint density at radius 1 is 1.33 bits per heavy atom. The fourth-order valence-electron chi connectivity index (χ4n) is 2.72. The fraction of sp³-hybridized carbons (Fsp3) is 0.867. The zero-order valence-corrected chi connectivity index (χ0v) is 13.4. The molecule has 1 saturated carbocycles. The van der Waals surface area contributed by atoms with E-state index in [0.29, 0.717) is 13.2 Å². The topological polar surface area (TPSA) is 84.9 Å². The first-order valence-electron chi connectivity index (χ1n) is 7.55. The highest BCUT2D eigenvalue weighted by molar-refractivity contribution is 5.89. The zero-order chi connectivity index (χ0) is 16.1. The fourth-order valence-corrected chi connectivity index (χ4v) is 2.72. The average Bonchev–Trinajstić information content (AvgIpc) is 2.41. The van der Waals surface area contributed by atoms with Gasteiger partial charge in [0.2, 0.25) is 5.91 Å². The van der Waals surface area contributed by atoms with Crippen molar-refractivity contribution in [2.24, 2.45) is 5.41 Å². The molecule has 122 valence electrons. The monoisotopic (exact) mass is 301 g/mol. The number of aliphatic carboxylic acids is 1. The van der Waals surface area contributed by atoms with E-state index in [4.69, 9.17) is 9.47 Å². The number of unbranched alkanes of at least 4 members (excludes halogenated alkanes) is 1. The third-order valence-electron chi connectivity index (χ3n) is 4.36. The van der Waals surface area contributed by atoms with Crippen molar-refractivity contribution in [1.82, 2.24) is 5.32 Å². The Balaban J connectivity index is 2.63. The summed E-state index contributed by atoms with van der Waals surface area (Å²) >= 11 is 0. The lowest BCUT2D eigenvalue weighted by Crippen LogP contribution is -2.76. The highest BCUT2D eigenvalue weighted by Gasteiger charge is 2.66.